The minimum atomic E-state index is -1.01. The van der Waals surface area contributed by atoms with Crippen LogP contribution in [0.15, 0.2) is 12.1 Å². The molecule has 1 heterocycles. The van der Waals surface area contributed by atoms with Gasteiger partial charge in [0.25, 0.3) is 0 Å². The average molecular weight is 236 g/mol. The number of phenolic OH excluding ortho intramolecular Hbond substituents is 1. The van der Waals surface area contributed by atoms with Gasteiger partial charge in [0.2, 0.25) is 0 Å². The summed E-state index contributed by atoms with van der Waals surface area (Å²) in [5.74, 6) is -0.936. The molecule has 4 N–H and O–H groups in total. The third-order valence-electron chi connectivity index (χ3n) is 3.04. The van der Waals surface area contributed by atoms with E-state index in [1.807, 2.05) is 0 Å². The van der Waals surface area contributed by atoms with E-state index in [-0.39, 0.29) is 17.4 Å². The molecule has 17 heavy (non-hydrogen) atoms. The van der Waals surface area contributed by atoms with E-state index in [1.165, 1.54) is 0 Å². The van der Waals surface area contributed by atoms with Gasteiger partial charge in [-0.25, -0.2) is 4.79 Å². The monoisotopic (exact) mass is 236 g/mol. The third-order valence-corrected chi connectivity index (χ3v) is 3.04. The minimum Gasteiger partial charge on any atom is -0.507 e. The molecule has 0 bridgehead atoms. The number of nitrogens with one attached hydrogen (secondary N) is 2. The van der Waals surface area contributed by atoms with Crippen LogP contribution < -0.4 is 10.6 Å². The zero-order chi connectivity index (χ0) is 12.4. The Labute approximate surface area is 99.5 Å². The number of aromatic hydroxyl groups is 1. The van der Waals surface area contributed by atoms with Crippen molar-refractivity contribution in [2.45, 2.75) is 13.0 Å². The zero-order valence-electron chi connectivity index (χ0n) is 9.66. The third kappa shape index (κ3) is 2.25. The lowest BCUT2D eigenvalue weighted by molar-refractivity contribution is 0.0694. The summed E-state index contributed by atoms with van der Waals surface area (Å²) in [4.78, 5) is 11.2. The molecule has 1 saturated heterocycles. The van der Waals surface area contributed by atoms with Crippen LogP contribution in [0.3, 0.4) is 0 Å². The Morgan fingerprint density at radius 1 is 1.41 bits per heavy atom. The van der Waals surface area contributed by atoms with Crippen molar-refractivity contribution in [3.05, 3.63) is 28.8 Å². The maximum absolute atomic E-state index is 11.2. The van der Waals surface area contributed by atoms with Gasteiger partial charge in [0.15, 0.2) is 0 Å². The van der Waals surface area contributed by atoms with Crippen LogP contribution in [0.1, 0.15) is 27.5 Å². The van der Waals surface area contributed by atoms with Gasteiger partial charge in [0.05, 0.1) is 5.56 Å². The quantitative estimate of drug-likeness (QED) is 0.605. The lowest BCUT2D eigenvalue weighted by Gasteiger charge is -2.27. The number of carboxylic acid groups (broad SMARTS) is 1. The minimum absolute atomic E-state index is 0.0751. The van der Waals surface area contributed by atoms with Crippen molar-refractivity contribution in [3.8, 4) is 5.75 Å². The number of hydrogen-bond donors (Lipinski definition) is 4. The molecule has 0 radical (unpaired) electrons. The second kappa shape index (κ2) is 4.73. The van der Waals surface area contributed by atoms with Gasteiger partial charge in [-0.3, -0.25) is 0 Å². The van der Waals surface area contributed by atoms with Gasteiger partial charge in [0, 0.05) is 31.2 Å². The lowest BCUT2D eigenvalue weighted by atomic mass is 9.95. The number of aromatic carboxylic acids is 1. The van der Waals surface area contributed by atoms with Gasteiger partial charge in [-0.05, 0) is 18.6 Å². The van der Waals surface area contributed by atoms with Crippen LogP contribution in [-0.4, -0.2) is 35.8 Å². The second-order valence-electron chi connectivity index (χ2n) is 4.21. The van der Waals surface area contributed by atoms with E-state index in [4.69, 9.17) is 5.11 Å². The average Bonchev–Trinajstić information content (AvgIpc) is 2.33. The molecule has 0 unspecified atom stereocenters. The molecular weight excluding hydrogens is 220 g/mol. The van der Waals surface area contributed by atoms with E-state index < -0.39 is 5.97 Å². The SMILES string of the molecule is Cc1ccc(C(=O)O)c([C@@H]2CNCCN2)c1O. The summed E-state index contributed by atoms with van der Waals surface area (Å²) in [6, 6.07) is 3.01. The van der Waals surface area contributed by atoms with Crippen molar-refractivity contribution < 1.29 is 15.0 Å². The summed E-state index contributed by atoms with van der Waals surface area (Å²) in [7, 11) is 0. The fourth-order valence-corrected chi connectivity index (χ4v) is 2.11. The molecule has 5 heteroatoms. The lowest BCUT2D eigenvalue weighted by Crippen LogP contribution is -2.43. The van der Waals surface area contributed by atoms with Crippen molar-refractivity contribution in [1.29, 1.82) is 0 Å². The van der Waals surface area contributed by atoms with Gasteiger partial charge in [-0.2, -0.15) is 0 Å². The first-order valence-corrected chi connectivity index (χ1v) is 5.61. The summed E-state index contributed by atoms with van der Waals surface area (Å²) in [6.07, 6.45) is 0. The standard InChI is InChI=1S/C12H16N2O3/c1-7-2-3-8(12(16)17)10(11(7)15)9-6-13-4-5-14-9/h2-3,9,13-15H,4-6H2,1H3,(H,16,17)/t9-/m0/s1. The highest BCUT2D eigenvalue weighted by Gasteiger charge is 2.24. The first kappa shape index (κ1) is 11.9. The molecule has 5 nitrogen and oxygen atoms in total. The van der Waals surface area contributed by atoms with Gasteiger partial charge in [-0.1, -0.05) is 6.07 Å². The Kier molecular flexibility index (Phi) is 3.31. The molecule has 0 spiro atoms. The van der Waals surface area contributed by atoms with Crippen molar-refractivity contribution in [2.24, 2.45) is 0 Å². The van der Waals surface area contributed by atoms with E-state index in [0.29, 0.717) is 17.7 Å². The van der Waals surface area contributed by atoms with Crippen molar-refractivity contribution >= 4 is 5.97 Å². The predicted octanol–water partition coefficient (Wildman–Crippen LogP) is 0.633. The maximum Gasteiger partial charge on any atom is 0.336 e. The number of rotatable bonds is 2. The molecular formula is C12H16N2O3. The van der Waals surface area contributed by atoms with Crippen molar-refractivity contribution in [3.63, 3.8) is 0 Å². The van der Waals surface area contributed by atoms with Gasteiger partial charge >= 0.3 is 5.97 Å². The van der Waals surface area contributed by atoms with Crippen LogP contribution in [0.4, 0.5) is 0 Å². The van der Waals surface area contributed by atoms with Crippen molar-refractivity contribution in [2.75, 3.05) is 19.6 Å². The molecule has 1 aromatic rings. The molecule has 2 rings (SSSR count). The number of carbonyl (C=O) groups is 1. The molecule has 0 aromatic heterocycles. The molecule has 0 amide bonds. The summed E-state index contributed by atoms with van der Waals surface area (Å²) in [5, 5.41) is 25.6. The Bertz CT molecular complexity index is 440. The zero-order valence-corrected chi connectivity index (χ0v) is 9.66. The number of piperazine rings is 1. The van der Waals surface area contributed by atoms with Crippen LogP contribution in [-0.2, 0) is 0 Å². The van der Waals surface area contributed by atoms with Gasteiger partial charge < -0.3 is 20.8 Å². The van der Waals surface area contributed by atoms with Gasteiger partial charge in [0.1, 0.15) is 5.75 Å². The highest BCUT2D eigenvalue weighted by Crippen LogP contribution is 2.31. The molecule has 1 aliphatic heterocycles. The molecule has 0 aliphatic carbocycles. The molecule has 1 fully saturated rings. The fourth-order valence-electron chi connectivity index (χ4n) is 2.11. The number of phenols is 1. The number of benzene rings is 1. The Morgan fingerprint density at radius 3 is 2.76 bits per heavy atom. The number of aryl methyl sites for hydroxylation is 1. The summed E-state index contributed by atoms with van der Waals surface area (Å²) in [5.41, 5.74) is 1.33. The smallest absolute Gasteiger partial charge is 0.336 e. The van der Waals surface area contributed by atoms with Crippen LogP contribution >= 0.6 is 0 Å². The number of hydrogen-bond acceptors (Lipinski definition) is 4. The van der Waals surface area contributed by atoms with E-state index in [2.05, 4.69) is 10.6 Å². The normalized spacial score (nSPS) is 20.2. The first-order chi connectivity index (χ1) is 8.11. The highest BCUT2D eigenvalue weighted by atomic mass is 16.4. The Morgan fingerprint density at radius 2 is 2.18 bits per heavy atom. The molecule has 1 atom stereocenters. The topological polar surface area (TPSA) is 81.6 Å². The Hall–Kier alpha value is -1.59. The fraction of sp³-hybridized carbons (Fsp3) is 0.417. The van der Waals surface area contributed by atoms with Crippen LogP contribution in [0, 0.1) is 6.92 Å². The molecule has 1 aromatic carbocycles. The highest BCUT2D eigenvalue weighted by molar-refractivity contribution is 5.90. The Balaban J connectivity index is 2.48. The molecule has 92 valence electrons. The largest absolute Gasteiger partial charge is 0.507 e. The van der Waals surface area contributed by atoms with Crippen LogP contribution in [0.25, 0.3) is 0 Å². The van der Waals surface area contributed by atoms with E-state index >= 15 is 0 Å². The van der Waals surface area contributed by atoms with Gasteiger partial charge in [-0.15, -0.1) is 0 Å². The predicted molar refractivity (Wildman–Crippen MR) is 63.4 cm³/mol. The van der Waals surface area contributed by atoms with Crippen molar-refractivity contribution in [1.82, 2.24) is 10.6 Å². The number of carboxylic acids is 1. The summed E-state index contributed by atoms with van der Waals surface area (Å²) >= 11 is 0. The molecule has 0 saturated carbocycles. The van der Waals surface area contributed by atoms with Crippen LogP contribution in [0.5, 0.6) is 5.75 Å². The van der Waals surface area contributed by atoms with E-state index in [9.17, 15) is 9.90 Å². The van der Waals surface area contributed by atoms with Crippen LogP contribution in [0.2, 0.25) is 0 Å². The summed E-state index contributed by atoms with van der Waals surface area (Å²) < 4.78 is 0. The first-order valence-electron chi connectivity index (χ1n) is 5.61. The van der Waals surface area contributed by atoms with E-state index in [0.717, 1.165) is 13.1 Å². The summed E-state index contributed by atoms with van der Waals surface area (Å²) in [6.45, 7) is 4.00. The maximum atomic E-state index is 11.2. The second-order valence-corrected chi connectivity index (χ2v) is 4.21. The van der Waals surface area contributed by atoms with E-state index in [1.54, 1.807) is 19.1 Å². The molecule has 1 aliphatic rings.